The average Bonchev–Trinajstić information content (AvgIpc) is 4.01. The first-order valence-electron chi connectivity index (χ1n) is 19.3. The van der Waals surface area contributed by atoms with Gasteiger partial charge in [0.1, 0.15) is 36.9 Å². The van der Waals surface area contributed by atoms with Gasteiger partial charge in [-0.25, -0.2) is 0 Å². The molecule has 2 aromatic rings. The van der Waals surface area contributed by atoms with E-state index in [1.54, 1.807) is 0 Å². The van der Waals surface area contributed by atoms with E-state index in [0.29, 0.717) is 13.2 Å². The lowest BCUT2D eigenvalue weighted by Crippen LogP contribution is -2.53. The third-order valence-corrected chi connectivity index (χ3v) is 33.2. The number of epoxide rings is 2. The zero-order valence-corrected chi connectivity index (χ0v) is 42.1. The van der Waals surface area contributed by atoms with Crippen LogP contribution in [0.3, 0.4) is 0 Å². The number of rotatable bonds is 16. The van der Waals surface area contributed by atoms with Crippen LogP contribution in [0.4, 0.5) is 0 Å². The number of benzene rings is 2. The van der Waals surface area contributed by atoms with Crippen molar-refractivity contribution >= 4 is 72.8 Å². The van der Waals surface area contributed by atoms with Crippen molar-refractivity contribution in [3.8, 4) is 11.5 Å². The van der Waals surface area contributed by atoms with E-state index in [9.17, 15) is 0 Å². The van der Waals surface area contributed by atoms with Crippen LogP contribution in [0.5, 0.6) is 11.5 Å². The van der Waals surface area contributed by atoms with Gasteiger partial charge in [-0.15, -0.1) is 0 Å². The van der Waals surface area contributed by atoms with E-state index < -0.39 is 72.8 Å². The molecule has 0 spiro atoms. The summed E-state index contributed by atoms with van der Waals surface area (Å²) in [6.45, 7) is 23.8. The predicted molar refractivity (Wildman–Crippen MR) is 223 cm³/mol. The molecular weight excluding hydrogens is 837 g/mol. The Morgan fingerprint density at radius 1 is 0.582 bits per heavy atom. The Morgan fingerprint density at radius 2 is 0.927 bits per heavy atom. The fourth-order valence-corrected chi connectivity index (χ4v) is 30.9. The number of hydrogen-bond acceptors (Lipinski definition) is 12. The zero-order valence-electron chi connectivity index (χ0n) is 34.1. The van der Waals surface area contributed by atoms with Crippen molar-refractivity contribution < 1.29 is 51.9 Å². The molecule has 4 aliphatic heterocycles. The van der Waals surface area contributed by atoms with Gasteiger partial charge in [0.05, 0.1) is 13.2 Å². The van der Waals surface area contributed by atoms with Gasteiger partial charge in [0, 0.05) is 5.41 Å². The van der Waals surface area contributed by atoms with E-state index >= 15 is 0 Å². The molecule has 0 amide bonds. The van der Waals surface area contributed by atoms with Gasteiger partial charge in [0.25, 0.3) is 0 Å². The fraction of sp³-hybridized carbons (Fsp3) is 0.657. The van der Waals surface area contributed by atoms with Crippen LogP contribution in [0.15, 0.2) is 36.4 Å². The summed E-state index contributed by atoms with van der Waals surface area (Å²) in [4.78, 5) is 0. The fourth-order valence-electron chi connectivity index (χ4n) is 7.07. The Morgan fingerprint density at radius 3 is 1.25 bits per heavy atom. The average molecular weight is 896 g/mol. The van der Waals surface area contributed by atoms with E-state index in [4.69, 9.17) is 51.9 Å². The molecular formula is C35H58O12Si8. The molecule has 6 radical (unpaired) electrons. The summed E-state index contributed by atoms with van der Waals surface area (Å²) in [5, 5.41) is 0. The molecule has 0 aliphatic carbocycles. The molecule has 4 aliphatic rings. The summed E-state index contributed by atoms with van der Waals surface area (Å²) in [6, 6.07) is 15.1. The van der Waals surface area contributed by atoms with Gasteiger partial charge < -0.3 is 51.9 Å². The molecule has 2 aromatic carbocycles. The molecule has 4 heterocycles. The molecule has 4 saturated heterocycles. The SMILES string of the molecule is C[Si]1O[Si](C)O[Si](C)(CCCc2cc(C(C)(C)c3ccc(OCC4CO4)c(CCC[Si]4(C)O[Si](C)O[Si](C)O[Si](C)O4)c3)ccc2OCC2CO2)O[Si](C)O1. The minimum absolute atomic E-state index is 0.176. The highest BCUT2D eigenvalue weighted by atomic mass is 28.5. The smallest absolute Gasteiger partial charge is 0.362 e. The monoisotopic (exact) mass is 894 g/mol. The molecule has 2 atom stereocenters. The van der Waals surface area contributed by atoms with Crippen molar-refractivity contribution in [3.63, 3.8) is 0 Å². The normalized spacial score (nSPS) is 24.8. The lowest BCUT2D eigenvalue weighted by molar-refractivity contribution is 0.260. The van der Waals surface area contributed by atoms with E-state index in [0.717, 1.165) is 62.5 Å². The third-order valence-electron chi connectivity index (χ3n) is 9.96. The Balaban J connectivity index is 1.19. The lowest BCUT2D eigenvalue weighted by Gasteiger charge is -2.35. The van der Waals surface area contributed by atoms with Crippen LogP contribution in [0.1, 0.15) is 48.9 Å². The topological polar surface area (TPSA) is 117 Å². The minimum atomic E-state index is -2.48. The first-order chi connectivity index (χ1) is 26.1. The van der Waals surface area contributed by atoms with Gasteiger partial charge in [-0.1, -0.05) is 38.1 Å². The van der Waals surface area contributed by atoms with Crippen LogP contribution in [0.25, 0.3) is 0 Å². The molecule has 302 valence electrons. The maximum Gasteiger partial charge on any atom is 0.362 e. The van der Waals surface area contributed by atoms with Crippen molar-refractivity contribution in [2.24, 2.45) is 0 Å². The second-order valence-electron chi connectivity index (χ2n) is 15.5. The van der Waals surface area contributed by atoms with Crippen molar-refractivity contribution in [1.82, 2.24) is 0 Å². The molecule has 0 aromatic heterocycles. The van der Waals surface area contributed by atoms with E-state index in [1.165, 1.54) is 22.3 Å². The molecule has 0 N–H and O–H groups in total. The highest BCUT2D eigenvalue weighted by Crippen LogP contribution is 2.38. The Labute approximate surface area is 341 Å². The van der Waals surface area contributed by atoms with E-state index in [1.807, 2.05) is 39.3 Å². The third kappa shape index (κ3) is 13.2. The van der Waals surface area contributed by atoms with Crippen LogP contribution >= 0.6 is 0 Å². The summed E-state index contributed by atoms with van der Waals surface area (Å²) in [6.07, 6.45) is 3.86. The number of aryl methyl sites for hydroxylation is 2. The lowest BCUT2D eigenvalue weighted by atomic mass is 9.76. The summed E-state index contributed by atoms with van der Waals surface area (Å²) in [5.41, 5.74) is 4.53. The molecule has 0 saturated carbocycles. The van der Waals surface area contributed by atoms with E-state index in [-0.39, 0.29) is 17.6 Å². The second-order valence-corrected chi connectivity index (χ2v) is 33.5. The molecule has 0 bridgehead atoms. The van der Waals surface area contributed by atoms with Crippen molar-refractivity contribution in [3.05, 3.63) is 58.7 Å². The van der Waals surface area contributed by atoms with Crippen LogP contribution in [0.2, 0.25) is 64.5 Å². The highest BCUT2D eigenvalue weighted by Gasteiger charge is 2.42. The van der Waals surface area contributed by atoms with Gasteiger partial charge in [0.15, 0.2) is 0 Å². The largest absolute Gasteiger partial charge is 0.491 e. The maximum absolute atomic E-state index is 6.54. The standard InChI is InChI=1S/C35H58O12Si8/c1-35(2,29-15-17-33(38-25-31-23-36-31)27(21-29)13-11-19-54(9)44-50(5)40-48(3)41-51(6)45-54)30-16-18-34(39-26-32-24-37-32)28(22-30)14-12-20-55(10)46-52(7)42-49(4)43-53(8)47-55/h15-18,21-22,31-32H,11-14,19-20,23-26H2,1-10H3. The second kappa shape index (κ2) is 19.2. The van der Waals surface area contributed by atoms with Crippen LogP contribution in [0, 0.1) is 0 Å². The summed E-state index contributed by atoms with van der Waals surface area (Å²) in [5.74, 6) is 1.82. The van der Waals surface area contributed by atoms with Crippen LogP contribution in [-0.4, -0.2) is 111 Å². The molecule has 55 heavy (non-hydrogen) atoms. The van der Waals surface area contributed by atoms with Crippen molar-refractivity contribution in [2.75, 3.05) is 26.4 Å². The van der Waals surface area contributed by atoms with Crippen molar-refractivity contribution in [2.45, 2.75) is 122 Å². The Hall–Kier alpha value is -0.625. The zero-order chi connectivity index (χ0) is 39.4. The quantitative estimate of drug-likeness (QED) is 0.136. The summed E-state index contributed by atoms with van der Waals surface area (Å²) in [7, 11) is -13.4. The van der Waals surface area contributed by atoms with Crippen molar-refractivity contribution in [1.29, 1.82) is 0 Å². The molecule has 2 unspecified atom stereocenters. The van der Waals surface area contributed by atoms with E-state index in [2.05, 4.69) is 63.3 Å². The Bertz CT molecular complexity index is 1430. The Kier molecular flexibility index (Phi) is 15.3. The molecule has 6 rings (SSSR count). The van der Waals surface area contributed by atoms with Crippen LogP contribution < -0.4 is 9.47 Å². The first kappa shape index (κ1) is 43.9. The summed E-state index contributed by atoms with van der Waals surface area (Å²) >= 11 is 0. The van der Waals surface area contributed by atoms with Gasteiger partial charge in [-0.3, -0.25) is 0 Å². The molecule has 4 fully saturated rings. The maximum atomic E-state index is 6.54. The molecule has 20 heteroatoms. The van der Waals surface area contributed by atoms with Gasteiger partial charge in [0.2, 0.25) is 0 Å². The first-order valence-corrected chi connectivity index (χ1v) is 35.3. The molecule has 12 nitrogen and oxygen atoms in total. The summed E-state index contributed by atoms with van der Waals surface area (Å²) < 4.78 is 74.2. The van der Waals surface area contributed by atoms with Gasteiger partial charge in [-0.05, 0) is 125 Å². The number of ether oxygens (including phenoxy) is 4. The van der Waals surface area contributed by atoms with Gasteiger partial charge in [-0.2, -0.15) is 0 Å². The van der Waals surface area contributed by atoms with Crippen LogP contribution in [-0.2, 0) is 60.7 Å². The highest BCUT2D eigenvalue weighted by molar-refractivity contribution is 6.82. The minimum Gasteiger partial charge on any atom is -0.491 e. The van der Waals surface area contributed by atoms with Gasteiger partial charge >= 0.3 is 72.8 Å². The predicted octanol–water partition coefficient (Wildman–Crippen LogP) is 6.44. The number of hydrogen-bond donors (Lipinski definition) is 0.